The predicted molar refractivity (Wildman–Crippen MR) is 104 cm³/mol. The second kappa shape index (κ2) is 12.1. The summed E-state index contributed by atoms with van der Waals surface area (Å²) in [6.45, 7) is 4.30. The highest BCUT2D eigenvalue weighted by Crippen LogP contribution is 2.15. The number of hydrogen-bond acceptors (Lipinski definition) is 4. The van der Waals surface area contributed by atoms with Crippen LogP contribution < -0.4 is 16.4 Å². The van der Waals surface area contributed by atoms with Crippen LogP contribution in [-0.2, 0) is 9.59 Å². The van der Waals surface area contributed by atoms with E-state index in [1.54, 1.807) is 38.1 Å². The number of hydrogen-bond donors (Lipinski definition) is 3. The molecule has 0 spiro atoms. The van der Waals surface area contributed by atoms with E-state index in [1.165, 1.54) is 0 Å². The summed E-state index contributed by atoms with van der Waals surface area (Å²) in [6.07, 6.45) is 0.442. The Kier molecular flexibility index (Phi) is 12.5. The average molecular weight is 379 g/mol. The maximum Gasteiger partial charge on any atom is 0.228 e. The number of halogens is 2. The summed E-state index contributed by atoms with van der Waals surface area (Å²) in [5.74, 6) is -0.403. The molecule has 4 N–H and O–H groups in total. The molecule has 0 heterocycles. The van der Waals surface area contributed by atoms with Crippen molar-refractivity contribution in [3.63, 3.8) is 0 Å². The van der Waals surface area contributed by atoms with Gasteiger partial charge in [0, 0.05) is 30.4 Å². The number of nitrogens with zero attached hydrogens (tertiary/aromatic N) is 1. The standard InChI is InChI=1S/C16H26N4O2.2ClH/c1-11(12(2)17)16(22)19-14-7-5-13(6-8-14)18-15(21)9-10-20(3)4;;/h5-8,11-12H,9-10,17H2,1-4H3,(H,18,21)(H,19,22);2*1H. The Bertz CT molecular complexity index is 507. The van der Waals surface area contributed by atoms with Crippen LogP contribution in [0.1, 0.15) is 20.3 Å². The van der Waals surface area contributed by atoms with E-state index < -0.39 is 0 Å². The van der Waals surface area contributed by atoms with Crippen molar-refractivity contribution in [1.29, 1.82) is 0 Å². The van der Waals surface area contributed by atoms with Gasteiger partial charge in [-0.15, -0.1) is 24.8 Å². The first-order valence-corrected chi connectivity index (χ1v) is 7.40. The molecule has 138 valence electrons. The Morgan fingerprint density at radius 3 is 1.92 bits per heavy atom. The molecule has 0 saturated carbocycles. The molecule has 0 aliphatic carbocycles. The quantitative estimate of drug-likeness (QED) is 0.679. The normalized spacial score (nSPS) is 12.4. The van der Waals surface area contributed by atoms with E-state index in [2.05, 4.69) is 10.6 Å². The van der Waals surface area contributed by atoms with Crippen molar-refractivity contribution in [3.8, 4) is 0 Å². The minimum atomic E-state index is -0.259. The number of anilines is 2. The molecule has 1 aromatic carbocycles. The highest BCUT2D eigenvalue weighted by atomic mass is 35.5. The van der Waals surface area contributed by atoms with E-state index in [9.17, 15) is 9.59 Å². The predicted octanol–water partition coefficient (Wildman–Crippen LogP) is 2.34. The second-order valence-electron chi connectivity index (χ2n) is 5.82. The van der Waals surface area contributed by atoms with Crippen LogP contribution in [0.25, 0.3) is 0 Å². The van der Waals surface area contributed by atoms with E-state index in [0.29, 0.717) is 24.3 Å². The third-order valence-corrected chi connectivity index (χ3v) is 3.42. The molecular weight excluding hydrogens is 351 g/mol. The van der Waals surface area contributed by atoms with Gasteiger partial charge in [-0.3, -0.25) is 9.59 Å². The van der Waals surface area contributed by atoms with Crippen molar-refractivity contribution in [3.05, 3.63) is 24.3 Å². The van der Waals surface area contributed by atoms with E-state index in [0.717, 1.165) is 0 Å². The number of benzene rings is 1. The van der Waals surface area contributed by atoms with Crippen molar-refractivity contribution in [2.75, 3.05) is 31.3 Å². The fourth-order valence-electron chi connectivity index (χ4n) is 1.68. The molecule has 6 nitrogen and oxygen atoms in total. The van der Waals surface area contributed by atoms with Gasteiger partial charge in [0.1, 0.15) is 0 Å². The number of nitrogens with one attached hydrogen (secondary N) is 2. The summed E-state index contributed by atoms with van der Waals surface area (Å²) in [5.41, 5.74) is 7.10. The van der Waals surface area contributed by atoms with E-state index in [4.69, 9.17) is 5.73 Å². The van der Waals surface area contributed by atoms with Gasteiger partial charge in [0.15, 0.2) is 0 Å². The molecule has 2 atom stereocenters. The number of carbonyl (C=O) groups is 2. The lowest BCUT2D eigenvalue weighted by molar-refractivity contribution is -0.120. The summed E-state index contributed by atoms with van der Waals surface area (Å²) in [5, 5.41) is 5.63. The van der Waals surface area contributed by atoms with Crippen LogP contribution >= 0.6 is 24.8 Å². The third kappa shape index (κ3) is 9.08. The smallest absolute Gasteiger partial charge is 0.228 e. The largest absolute Gasteiger partial charge is 0.327 e. The van der Waals surface area contributed by atoms with Gasteiger partial charge in [-0.1, -0.05) is 6.92 Å². The van der Waals surface area contributed by atoms with Crippen molar-refractivity contribution in [1.82, 2.24) is 4.90 Å². The van der Waals surface area contributed by atoms with Gasteiger partial charge in [0.25, 0.3) is 0 Å². The first kappa shape index (κ1) is 24.9. The first-order chi connectivity index (χ1) is 10.3. The Hall–Kier alpha value is -1.34. The van der Waals surface area contributed by atoms with Crippen molar-refractivity contribution in [2.24, 2.45) is 11.7 Å². The maximum atomic E-state index is 11.9. The fraction of sp³-hybridized carbons (Fsp3) is 0.500. The molecule has 2 unspecified atom stereocenters. The lowest BCUT2D eigenvalue weighted by Gasteiger charge is -2.15. The third-order valence-electron chi connectivity index (χ3n) is 3.42. The molecule has 1 rings (SSSR count). The number of rotatable bonds is 7. The second-order valence-corrected chi connectivity index (χ2v) is 5.82. The maximum absolute atomic E-state index is 11.9. The van der Waals surface area contributed by atoms with Crippen LogP contribution in [0.2, 0.25) is 0 Å². The van der Waals surface area contributed by atoms with Gasteiger partial charge in [-0.25, -0.2) is 0 Å². The molecule has 0 bridgehead atoms. The van der Waals surface area contributed by atoms with Gasteiger partial charge in [0.2, 0.25) is 11.8 Å². The molecule has 0 aromatic heterocycles. The van der Waals surface area contributed by atoms with Crippen molar-refractivity contribution < 1.29 is 9.59 Å². The monoisotopic (exact) mass is 378 g/mol. The molecule has 0 saturated heterocycles. The van der Waals surface area contributed by atoms with Gasteiger partial charge < -0.3 is 21.3 Å². The van der Waals surface area contributed by atoms with Gasteiger partial charge >= 0.3 is 0 Å². The fourth-order valence-corrected chi connectivity index (χ4v) is 1.68. The lowest BCUT2D eigenvalue weighted by atomic mass is 10.0. The zero-order valence-electron chi connectivity index (χ0n) is 14.5. The van der Waals surface area contributed by atoms with Gasteiger partial charge in [-0.05, 0) is 45.3 Å². The topological polar surface area (TPSA) is 87.5 Å². The first-order valence-electron chi connectivity index (χ1n) is 7.40. The Balaban J connectivity index is 0. The minimum absolute atomic E-state index is 0. The Morgan fingerprint density at radius 1 is 1.04 bits per heavy atom. The SMILES string of the molecule is CC(N)C(C)C(=O)Nc1ccc(NC(=O)CCN(C)C)cc1.Cl.Cl. The molecule has 0 radical (unpaired) electrons. The molecule has 1 aromatic rings. The van der Waals surface area contributed by atoms with E-state index in [1.807, 2.05) is 19.0 Å². The van der Waals surface area contributed by atoms with Crippen molar-refractivity contribution in [2.45, 2.75) is 26.3 Å². The molecule has 0 fully saturated rings. The van der Waals surface area contributed by atoms with Crippen LogP contribution in [0.15, 0.2) is 24.3 Å². The van der Waals surface area contributed by atoms with Gasteiger partial charge in [0.05, 0.1) is 5.92 Å². The summed E-state index contributed by atoms with van der Waals surface area (Å²) < 4.78 is 0. The average Bonchev–Trinajstić information content (AvgIpc) is 2.46. The van der Waals surface area contributed by atoms with Crippen LogP contribution in [0.5, 0.6) is 0 Å². The zero-order valence-corrected chi connectivity index (χ0v) is 16.2. The summed E-state index contributed by atoms with van der Waals surface area (Å²) in [7, 11) is 3.85. The van der Waals surface area contributed by atoms with Crippen LogP contribution in [-0.4, -0.2) is 43.4 Å². The Labute approximate surface area is 156 Å². The Morgan fingerprint density at radius 2 is 1.50 bits per heavy atom. The number of nitrogens with two attached hydrogens (primary N) is 1. The zero-order chi connectivity index (χ0) is 16.7. The van der Waals surface area contributed by atoms with Crippen LogP contribution in [0, 0.1) is 5.92 Å². The highest BCUT2D eigenvalue weighted by Gasteiger charge is 2.16. The summed E-state index contributed by atoms with van der Waals surface area (Å²) >= 11 is 0. The van der Waals surface area contributed by atoms with E-state index in [-0.39, 0.29) is 48.6 Å². The molecule has 0 aliphatic heterocycles. The molecule has 0 aliphatic rings. The number of carbonyl (C=O) groups excluding carboxylic acids is 2. The van der Waals surface area contributed by atoms with Crippen LogP contribution in [0.4, 0.5) is 11.4 Å². The molecule has 2 amide bonds. The van der Waals surface area contributed by atoms with Gasteiger partial charge in [-0.2, -0.15) is 0 Å². The number of amides is 2. The van der Waals surface area contributed by atoms with Crippen molar-refractivity contribution >= 4 is 48.0 Å². The summed E-state index contributed by atoms with van der Waals surface area (Å²) in [4.78, 5) is 25.6. The van der Waals surface area contributed by atoms with E-state index >= 15 is 0 Å². The molecular formula is C16H28Cl2N4O2. The minimum Gasteiger partial charge on any atom is -0.327 e. The summed E-state index contributed by atoms with van der Waals surface area (Å²) in [6, 6.07) is 6.84. The highest BCUT2D eigenvalue weighted by molar-refractivity contribution is 5.94. The lowest BCUT2D eigenvalue weighted by Crippen LogP contribution is -2.34. The van der Waals surface area contributed by atoms with Crippen LogP contribution in [0.3, 0.4) is 0 Å². The molecule has 8 heteroatoms. The molecule has 24 heavy (non-hydrogen) atoms.